The summed E-state index contributed by atoms with van der Waals surface area (Å²) in [5, 5.41) is 4.12. The Kier molecular flexibility index (Phi) is 5.60. The van der Waals surface area contributed by atoms with E-state index in [4.69, 9.17) is 0 Å². The smallest absolute Gasteiger partial charge is 0.330 e. The first-order valence-electron chi connectivity index (χ1n) is 6.37. The number of carbonyl (C=O) groups excluding carboxylic acids is 2. The van der Waals surface area contributed by atoms with Gasteiger partial charge < -0.3 is 10.6 Å². The van der Waals surface area contributed by atoms with E-state index >= 15 is 0 Å². The molecule has 2 N–H and O–H groups in total. The Hall–Kier alpha value is -1.94. The SMILES string of the molecule is O=C(NCC(=O)c1ccc(Br)s1)Nc1ccc(F)cc1C(F)(F)F. The van der Waals surface area contributed by atoms with Crippen molar-refractivity contribution in [3.05, 3.63) is 50.4 Å². The van der Waals surface area contributed by atoms with E-state index in [1.54, 1.807) is 12.1 Å². The number of anilines is 1. The Balaban J connectivity index is 2.01. The Morgan fingerprint density at radius 1 is 1.17 bits per heavy atom. The van der Waals surface area contributed by atoms with Gasteiger partial charge in [0, 0.05) is 0 Å². The second kappa shape index (κ2) is 7.31. The van der Waals surface area contributed by atoms with E-state index in [9.17, 15) is 27.2 Å². The molecule has 128 valence electrons. The van der Waals surface area contributed by atoms with E-state index in [2.05, 4.69) is 21.2 Å². The van der Waals surface area contributed by atoms with Crippen LogP contribution in [-0.4, -0.2) is 18.4 Å². The lowest BCUT2D eigenvalue weighted by Crippen LogP contribution is -2.33. The predicted octanol–water partition coefficient (Wildman–Crippen LogP) is 4.67. The average molecular weight is 425 g/mol. The second-order valence-electron chi connectivity index (χ2n) is 4.52. The molecule has 2 aromatic rings. The van der Waals surface area contributed by atoms with Crippen LogP contribution in [0.3, 0.4) is 0 Å². The highest BCUT2D eigenvalue weighted by atomic mass is 79.9. The first kappa shape index (κ1) is 18.4. The third-order valence-corrected chi connectivity index (χ3v) is 4.46. The summed E-state index contributed by atoms with van der Waals surface area (Å²) >= 11 is 4.35. The molecule has 1 heterocycles. The molecule has 0 radical (unpaired) electrons. The summed E-state index contributed by atoms with van der Waals surface area (Å²) in [7, 11) is 0. The molecule has 0 aliphatic rings. The van der Waals surface area contributed by atoms with Gasteiger partial charge in [-0.3, -0.25) is 4.79 Å². The van der Waals surface area contributed by atoms with Gasteiger partial charge in [-0.05, 0) is 46.3 Å². The summed E-state index contributed by atoms with van der Waals surface area (Å²) < 4.78 is 52.2. The van der Waals surface area contributed by atoms with E-state index in [0.29, 0.717) is 4.88 Å². The van der Waals surface area contributed by atoms with Crippen LogP contribution in [0, 0.1) is 5.82 Å². The molecule has 0 unspecified atom stereocenters. The number of nitrogens with one attached hydrogen (secondary N) is 2. The van der Waals surface area contributed by atoms with Crippen molar-refractivity contribution in [3.63, 3.8) is 0 Å². The van der Waals surface area contributed by atoms with E-state index in [1.165, 1.54) is 0 Å². The summed E-state index contributed by atoms with van der Waals surface area (Å²) in [6, 6.07) is 4.08. The molecule has 10 heteroatoms. The number of halogens is 5. The number of ketones is 1. The number of rotatable bonds is 4. The van der Waals surface area contributed by atoms with Crippen molar-refractivity contribution in [1.82, 2.24) is 5.32 Å². The van der Waals surface area contributed by atoms with Crippen LogP contribution >= 0.6 is 27.3 Å². The number of urea groups is 1. The molecule has 0 saturated carbocycles. The molecule has 2 amide bonds. The van der Waals surface area contributed by atoms with Crippen molar-refractivity contribution in [2.24, 2.45) is 0 Å². The predicted molar refractivity (Wildman–Crippen MR) is 84.8 cm³/mol. The van der Waals surface area contributed by atoms with Crippen LogP contribution in [0.1, 0.15) is 15.2 Å². The number of Topliss-reactive ketones (excluding diaryl/α,β-unsaturated/α-hetero) is 1. The summed E-state index contributed by atoms with van der Waals surface area (Å²) in [4.78, 5) is 23.9. The largest absolute Gasteiger partial charge is 0.418 e. The number of carbonyl (C=O) groups is 2. The van der Waals surface area contributed by atoms with Crippen molar-refractivity contribution < 1.29 is 27.2 Å². The van der Waals surface area contributed by atoms with Gasteiger partial charge in [-0.15, -0.1) is 11.3 Å². The van der Waals surface area contributed by atoms with E-state index < -0.39 is 35.1 Å². The van der Waals surface area contributed by atoms with Crippen LogP contribution in [0.25, 0.3) is 0 Å². The molecule has 0 saturated heterocycles. The molecule has 0 fully saturated rings. The van der Waals surface area contributed by atoms with Gasteiger partial charge in [-0.2, -0.15) is 13.2 Å². The Morgan fingerprint density at radius 2 is 1.88 bits per heavy atom. The zero-order valence-electron chi connectivity index (χ0n) is 11.7. The minimum Gasteiger partial charge on any atom is -0.330 e. The monoisotopic (exact) mass is 424 g/mol. The van der Waals surface area contributed by atoms with Crippen LogP contribution in [0.4, 0.5) is 28.0 Å². The van der Waals surface area contributed by atoms with Gasteiger partial charge >= 0.3 is 12.2 Å². The fourth-order valence-electron chi connectivity index (χ4n) is 1.74. The van der Waals surface area contributed by atoms with E-state index in [1.807, 2.05) is 5.32 Å². The van der Waals surface area contributed by atoms with Crippen LogP contribution in [-0.2, 0) is 6.18 Å². The molecule has 4 nitrogen and oxygen atoms in total. The molecule has 0 spiro atoms. The van der Waals surface area contributed by atoms with Crippen molar-refractivity contribution in [3.8, 4) is 0 Å². The highest BCUT2D eigenvalue weighted by Gasteiger charge is 2.34. The molecule has 1 aromatic heterocycles. The van der Waals surface area contributed by atoms with Crippen LogP contribution in [0.15, 0.2) is 34.1 Å². The van der Waals surface area contributed by atoms with Crippen molar-refractivity contribution in [1.29, 1.82) is 0 Å². The summed E-state index contributed by atoms with van der Waals surface area (Å²) in [5.74, 6) is -1.47. The van der Waals surface area contributed by atoms with E-state index in [-0.39, 0.29) is 12.6 Å². The molecule has 2 rings (SSSR count). The Labute approximate surface area is 146 Å². The lowest BCUT2D eigenvalue weighted by atomic mass is 10.1. The van der Waals surface area contributed by atoms with Gasteiger partial charge in [-0.25, -0.2) is 9.18 Å². The molecule has 0 aliphatic heterocycles. The first-order chi connectivity index (χ1) is 11.2. The topological polar surface area (TPSA) is 58.2 Å². The maximum absolute atomic E-state index is 13.0. The minimum absolute atomic E-state index is 0.282. The van der Waals surface area contributed by atoms with Crippen molar-refractivity contribution in [2.45, 2.75) is 6.18 Å². The average Bonchev–Trinajstić information content (AvgIpc) is 2.92. The summed E-state index contributed by atoms with van der Waals surface area (Å²) in [6.45, 7) is -0.388. The number of alkyl halides is 3. The molecule has 1 aromatic carbocycles. The Bertz CT molecular complexity index is 776. The van der Waals surface area contributed by atoms with Gasteiger partial charge in [-0.1, -0.05) is 0 Å². The summed E-state index contributed by atoms with van der Waals surface area (Å²) in [5.41, 5.74) is -1.92. The normalized spacial score (nSPS) is 11.2. The molecule has 0 bridgehead atoms. The fourth-order valence-corrected chi connectivity index (χ4v) is 3.06. The number of hydrogen-bond donors (Lipinski definition) is 2. The number of thiophene rings is 1. The highest BCUT2D eigenvalue weighted by molar-refractivity contribution is 9.11. The van der Waals surface area contributed by atoms with E-state index in [0.717, 1.165) is 27.3 Å². The van der Waals surface area contributed by atoms with Crippen LogP contribution < -0.4 is 10.6 Å². The molecular formula is C14H9BrF4N2O2S. The maximum atomic E-state index is 13.0. The van der Waals surface area contributed by atoms with Gasteiger partial charge in [0.1, 0.15) is 5.82 Å². The standard InChI is InChI=1S/C14H9BrF4N2O2S/c15-12-4-3-11(24-12)10(22)6-20-13(23)21-9-2-1-7(16)5-8(9)14(17,18)19/h1-5H,6H2,(H2,20,21,23). The number of amides is 2. The molecular weight excluding hydrogens is 416 g/mol. The quantitative estimate of drug-likeness (QED) is 0.553. The lowest BCUT2D eigenvalue weighted by molar-refractivity contribution is -0.137. The molecule has 0 aliphatic carbocycles. The zero-order valence-corrected chi connectivity index (χ0v) is 14.1. The fraction of sp³-hybridized carbons (Fsp3) is 0.143. The third kappa shape index (κ3) is 4.78. The first-order valence-corrected chi connectivity index (χ1v) is 7.98. The van der Waals surface area contributed by atoms with Gasteiger partial charge in [0.2, 0.25) is 0 Å². The second-order valence-corrected chi connectivity index (χ2v) is 6.99. The highest BCUT2D eigenvalue weighted by Crippen LogP contribution is 2.35. The van der Waals surface area contributed by atoms with Crippen LogP contribution in [0.2, 0.25) is 0 Å². The van der Waals surface area contributed by atoms with Gasteiger partial charge in [0.25, 0.3) is 0 Å². The van der Waals surface area contributed by atoms with Gasteiger partial charge in [0.15, 0.2) is 5.78 Å². The molecule has 24 heavy (non-hydrogen) atoms. The summed E-state index contributed by atoms with van der Waals surface area (Å²) in [6.07, 6.45) is -4.83. The van der Waals surface area contributed by atoms with Crippen molar-refractivity contribution >= 4 is 44.8 Å². The lowest BCUT2D eigenvalue weighted by Gasteiger charge is -2.14. The zero-order chi connectivity index (χ0) is 17.9. The maximum Gasteiger partial charge on any atom is 0.418 e. The third-order valence-electron chi connectivity index (χ3n) is 2.79. The number of benzene rings is 1. The molecule has 0 atom stereocenters. The number of hydrogen-bond acceptors (Lipinski definition) is 3. The van der Waals surface area contributed by atoms with Crippen LogP contribution in [0.5, 0.6) is 0 Å². The van der Waals surface area contributed by atoms with Gasteiger partial charge in [0.05, 0.1) is 26.5 Å². The minimum atomic E-state index is -4.83. The Morgan fingerprint density at radius 3 is 2.46 bits per heavy atom. The van der Waals surface area contributed by atoms with Crippen molar-refractivity contribution in [2.75, 3.05) is 11.9 Å².